The summed E-state index contributed by atoms with van der Waals surface area (Å²) in [5.74, 6) is 1.62. The lowest BCUT2D eigenvalue weighted by molar-refractivity contribution is -0.130. The van der Waals surface area contributed by atoms with Crippen molar-refractivity contribution in [1.82, 2.24) is 29.9 Å². The Hall–Kier alpha value is -3.72. The number of carbonyl (C=O) groups is 1. The van der Waals surface area contributed by atoms with E-state index in [1.54, 1.807) is 23.9 Å². The molecule has 4 aromatic rings. The molecule has 0 saturated carbocycles. The number of ether oxygens (including phenoxy) is 1. The minimum atomic E-state index is 0.112. The molecule has 1 aliphatic rings. The Morgan fingerprint density at radius 2 is 1.73 bits per heavy atom. The number of rotatable bonds is 5. The summed E-state index contributed by atoms with van der Waals surface area (Å²) in [5, 5.41) is 9.26. The molecule has 0 unspecified atom stereocenters. The third-order valence-electron chi connectivity index (χ3n) is 5.74. The molecule has 2 aromatic carbocycles. The molecular formula is C23H22ClN7O2. The topological polar surface area (TPSA) is 89.3 Å². The van der Waals surface area contributed by atoms with Gasteiger partial charge in [0.1, 0.15) is 12.1 Å². The van der Waals surface area contributed by atoms with Crippen LogP contribution in [0.4, 0.5) is 5.82 Å². The highest BCUT2D eigenvalue weighted by Crippen LogP contribution is 2.24. The Kier molecular flexibility index (Phi) is 5.78. The van der Waals surface area contributed by atoms with E-state index in [1.165, 1.54) is 6.33 Å². The first kappa shape index (κ1) is 21.1. The molecule has 5 rings (SSSR count). The average Bonchev–Trinajstić information content (AvgIpc) is 3.29. The fourth-order valence-corrected chi connectivity index (χ4v) is 4.05. The summed E-state index contributed by atoms with van der Waals surface area (Å²) < 4.78 is 6.85. The number of piperazine rings is 1. The summed E-state index contributed by atoms with van der Waals surface area (Å²) in [4.78, 5) is 25.7. The van der Waals surface area contributed by atoms with E-state index in [9.17, 15) is 4.79 Å². The van der Waals surface area contributed by atoms with Gasteiger partial charge in [0.25, 0.3) is 0 Å². The Balaban J connectivity index is 1.28. The maximum atomic E-state index is 12.8. The third kappa shape index (κ3) is 4.31. The van der Waals surface area contributed by atoms with Gasteiger partial charge in [-0.2, -0.15) is 4.68 Å². The first-order chi connectivity index (χ1) is 16.1. The maximum absolute atomic E-state index is 12.8. The first-order valence-electron chi connectivity index (χ1n) is 10.6. The molecule has 168 valence electrons. The van der Waals surface area contributed by atoms with Crippen LogP contribution in [-0.4, -0.2) is 69.1 Å². The molecule has 0 bridgehead atoms. The van der Waals surface area contributed by atoms with Crippen LogP contribution in [0.25, 0.3) is 16.9 Å². The lowest BCUT2D eigenvalue weighted by Crippen LogP contribution is -2.49. The van der Waals surface area contributed by atoms with Crippen molar-refractivity contribution < 1.29 is 9.53 Å². The van der Waals surface area contributed by atoms with Crippen molar-refractivity contribution in [1.29, 1.82) is 0 Å². The zero-order chi connectivity index (χ0) is 22.8. The molecule has 0 atom stereocenters. The van der Waals surface area contributed by atoms with Crippen molar-refractivity contribution in [2.24, 2.45) is 0 Å². The van der Waals surface area contributed by atoms with Gasteiger partial charge in [-0.25, -0.2) is 9.97 Å². The molecule has 33 heavy (non-hydrogen) atoms. The number of aromatic nitrogens is 5. The largest absolute Gasteiger partial charge is 0.497 e. The van der Waals surface area contributed by atoms with Crippen LogP contribution < -0.4 is 9.64 Å². The second kappa shape index (κ2) is 9.03. The standard InChI is InChI=1S/C23H22ClN7O2/c1-33-19-8-2-16(3-9-19)14-20(32)29-10-12-30(13-11-29)22-21-23(26-15-25-22)31(28-27-21)18-6-4-17(24)5-7-18/h2-9,15H,10-14H2,1H3. The lowest BCUT2D eigenvalue weighted by Gasteiger charge is -2.35. The van der Waals surface area contributed by atoms with Crippen LogP contribution in [0.15, 0.2) is 54.9 Å². The highest BCUT2D eigenvalue weighted by molar-refractivity contribution is 6.30. The van der Waals surface area contributed by atoms with E-state index in [0.717, 1.165) is 22.8 Å². The van der Waals surface area contributed by atoms with E-state index in [0.29, 0.717) is 48.8 Å². The monoisotopic (exact) mass is 463 g/mol. The molecule has 1 aliphatic heterocycles. The maximum Gasteiger partial charge on any atom is 0.227 e. The third-order valence-corrected chi connectivity index (χ3v) is 5.99. The summed E-state index contributed by atoms with van der Waals surface area (Å²) in [6, 6.07) is 14.9. The highest BCUT2D eigenvalue weighted by Gasteiger charge is 2.25. The number of methoxy groups -OCH3 is 1. The van der Waals surface area contributed by atoms with Crippen molar-refractivity contribution in [3.63, 3.8) is 0 Å². The second-order valence-corrected chi connectivity index (χ2v) is 8.18. The van der Waals surface area contributed by atoms with Crippen LogP contribution in [0, 0.1) is 0 Å². The smallest absolute Gasteiger partial charge is 0.227 e. The lowest BCUT2D eigenvalue weighted by atomic mass is 10.1. The molecule has 0 N–H and O–H groups in total. The minimum Gasteiger partial charge on any atom is -0.497 e. The Labute approximate surface area is 195 Å². The Bertz CT molecular complexity index is 1270. The molecule has 1 saturated heterocycles. The summed E-state index contributed by atoms with van der Waals surface area (Å²) in [5.41, 5.74) is 3.05. The predicted molar refractivity (Wildman–Crippen MR) is 125 cm³/mol. The van der Waals surface area contributed by atoms with Gasteiger partial charge in [-0.3, -0.25) is 4.79 Å². The molecule has 10 heteroatoms. The first-order valence-corrected chi connectivity index (χ1v) is 11.0. The number of hydrogen-bond acceptors (Lipinski definition) is 7. The SMILES string of the molecule is COc1ccc(CC(=O)N2CCN(c3ncnc4c3nnn4-c3ccc(Cl)cc3)CC2)cc1. The molecule has 0 spiro atoms. The van der Waals surface area contributed by atoms with Crippen LogP contribution >= 0.6 is 11.6 Å². The second-order valence-electron chi connectivity index (χ2n) is 7.74. The van der Waals surface area contributed by atoms with Crippen molar-refractivity contribution in [3.8, 4) is 11.4 Å². The Morgan fingerprint density at radius 1 is 1.00 bits per heavy atom. The molecular weight excluding hydrogens is 442 g/mol. The van der Waals surface area contributed by atoms with E-state index >= 15 is 0 Å². The molecule has 0 aliphatic carbocycles. The van der Waals surface area contributed by atoms with E-state index < -0.39 is 0 Å². The van der Waals surface area contributed by atoms with Crippen molar-refractivity contribution >= 4 is 34.5 Å². The summed E-state index contributed by atoms with van der Waals surface area (Å²) in [6.45, 7) is 2.56. The molecule has 3 heterocycles. The van der Waals surface area contributed by atoms with Gasteiger partial charge in [0, 0.05) is 31.2 Å². The van der Waals surface area contributed by atoms with Crippen molar-refractivity contribution in [2.45, 2.75) is 6.42 Å². The summed E-state index contributed by atoms with van der Waals surface area (Å²) >= 11 is 6.00. The number of fused-ring (bicyclic) bond motifs is 1. The van der Waals surface area contributed by atoms with Crippen LogP contribution in [0.5, 0.6) is 5.75 Å². The van der Waals surface area contributed by atoms with E-state index in [4.69, 9.17) is 16.3 Å². The van der Waals surface area contributed by atoms with Crippen LogP contribution in [0.2, 0.25) is 5.02 Å². The number of nitrogens with zero attached hydrogens (tertiary/aromatic N) is 7. The number of carbonyl (C=O) groups excluding carboxylic acids is 1. The number of amides is 1. The predicted octanol–water partition coefficient (Wildman–Crippen LogP) is 2.76. The molecule has 2 aromatic heterocycles. The van der Waals surface area contributed by atoms with E-state index in [-0.39, 0.29) is 5.91 Å². The van der Waals surface area contributed by atoms with Gasteiger partial charge < -0.3 is 14.5 Å². The van der Waals surface area contributed by atoms with Gasteiger partial charge in [0.15, 0.2) is 17.0 Å². The fourth-order valence-electron chi connectivity index (χ4n) is 3.92. The van der Waals surface area contributed by atoms with Crippen molar-refractivity contribution in [3.05, 3.63) is 65.4 Å². The summed E-state index contributed by atoms with van der Waals surface area (Å²) in [7, 11) is 1.63. The van der Waals surface area contributed by atoms with Gasteiger partial charge >= 0.3 is 0 Å². The average molecular weight is 464 g/mol. The quantitative estimate of drug-likeness (QED) is 0.449. The van der Waals surface area contributed by atoms with Gasteiger partial charge in [-0.05, 0) is 42.0 Å². The minimum absolute atomic E-state index is 0.112. The van der Waals surface area contributed by atoms with Crippen LogP contribution in [0.1, 0.15) is 5.56 Å². The molecule has 1 fully saturated rings. The molecule has 0 radical (unpaired) electrons. The number of halogens is 1. The van der Waals surface area contributed by atoms with Gasteiger partial charge in [0.2, 0.25) is 5.91 Å². The van der Waals surface area contributed by atoms with Crippen LogP contribution in [-0.2, 0) is 11.2 Å². The highest BCUT2D eigenvalue weighted by atomic mass is 35.5. The van der Waals surface area contributed by atoms with Crippen molar-refractivity contribution in [2.75, 3.05) is 38.2 Å². The van der Waals surface area contributed by atoms with Gasteiger partial charge in [-0.1, -0.05) is 28.9 Å². The number of hydrogen-bond donors (Lipinski definition) is 0. The van der Waals surface area contributed by atoms with Gasteiger partial charge in [-0.15, -0.1) is 5.10 Å². The van der Waals surface area contributed by atoms with Gasteiger partial charge in [0.05, 0.1) is 19.2 Å². The number of anilines is 1. The Morgan fingerprint density at radius 3 is 2.42 bits per heavy atom. The summed E-state index contributed by atoms with van der Waals surface area (Å²) in [6.07, 6.45) is 1.89. The normalized spacial score (nSPS) is 14.0. The molecule has 9 nitrogen and oxygen atoms in total. The fraction of sp³-hybridized carbons (Fsp3) is 0.261. The zero-order valence-electron chi connectivity index (χ0n) is 18.1. The van der Waals surface area contributed by atoms with E-state index in [2.05, 4.69) is 25.2 Å². The number of benzene rings is 2. The van der Waals surface area contributed by atoms with E-state index in [1.807, 2.05) is 41.3 Å². The molecule has 1 amide bonds. The van der Waals surface area contributed by atoms with Crippen LogP contribution in [0.3, 0.4) is 0 Å². The zero-order valence-corrected chi connectivity index (χ0v) is 18.8.